The van der Waals surface area contributed by atoms with Gasteiger partial charge in [-0.05, 0) is 56.2 Å². The van der Waals surface area contributed by atoms with Gasteiger partial charge in [0, 0.05) is 25.2 Å². The van der Waals surface area contributed by atoms with Crippen LogP contribution in [0.3, 0.4) is 0 Å². The van der Waals surface area contributed by atoms with Gasteiger partial charge in [0.2, 0.25) is 5.91 Å². The highest BCUT2D eigenvalue weighted by Crippen LogP contribution is 2.25. The Labute approximate surface area is 213 Å². The molecule has 0 unspecified atom stereocenters. The van der Waals surface area contributed by atoms with E-state index in [4.69, 9.17) is 0 Å². The topological polar surface area (TPSA) is 115 Å². The van der Waals surface area contributed by atoms with Crippen LogP contribution >= 0.6 is 0 Å². The molecule has 3 amide bonds. The van der Waals surface area contributed by atoms with Crippen LogP contribution < -0.4 is 10.9 Å². The van der Waals surface area contributed by atoms with Gasteiger partial charge in [-0.2, -0.15) is 0 Å². The zero-order chi connectivity index (χ0) is 26.9. The third-order valence-electron chi connectivity index (χ3n) is 6.58. The number of hydrogen-bond donors (Lipinski definition) is 2. The first-order valence-electron chi connectivity index (χ1n) is 12.1. The van der Waals surface area contributed by atoms with Gasteiger partial charge >= 0.3 is 0 Å². The zero-order valence-corrected chi connectivity index (χ0v) is 21.2. The first-order chi connectivity index (χ1) is 17.5. The Morgan fingerprint density at radius 3 is 2.38 bits per heavy atom. The number of amides is 3. The van der Waals surface area contributed by atoms with Crippen molar-refractivity contribution in [2.45, 2.75) is 39.3 Å². The Bertz CT molecular complexity index is 1400. The van der Waals surface area contributed by atoms with Gasteiger partial charge in [-0.3, -0.25) is 19.2 Å². The van der Waals surface area contributed by atoms with Crippen LogP contribution in [0.1, 0.15) is 48.5 Å². The number of hydrogen-bond acceptors (Lipinski definition) is 5. The van der Waals surface area contributed by atoms with Gasteiger partial charge in [-0.1, -0.05) is 26.0 Å². The molecule has 1 aliphatic rings. The molecule has 37 heavy (non-hydrogen) atoms. The quantitative estimate of drug-likeness (QED) is 0.551. The molecule has 1 atom stereocenters. The molecule has 2 N–H and O–H groups in total. The monoisotopic (exact) mass is 507 g/mol. The van der Waals surface area contributed by atoms with E-state index in [1.54, 1.807) is 47.9 Å². The molecule has 0 radical (unpaired) electrons. The third kappa shape index (κ3) is 5.37. The summed E-state index contributed by atoms with van der Waals surface area (Å²) in [6.45, 7) is 8.11. The van der Waals surface area contributed by atoms with E-state index in [1.165, 1.54) is 24.3 Å². The van der Waals surface area contributed by atoms with E-state index in [2.05, 4.69) is 15.3 Å². The predicted octanol–water partition coefficient (Wildman–Crippen LogP) is 2.58. The molecule has 0 bridgehead atoms. The van der Waals surface area contributed by atoms with Crippen LogP contribution in [0.2, 0.25) is 0 Å². The van der Waals surface area contributed by atoms with Crippen molar-refractivity contribution >= 4 is 28.8 Å². The number of carbonyl (C=O) groups is 3. The van der Waals surface area contributed by atoms with Gasteiger partial charge < -0.3 is 20.1 Å². The second-order valence-corrected chi connectivity index (χ2v) is 10.2. The molecule has 0 aliphatic carbocycles. The van der Waals surface area contributed by atoms with Crippen LogP contribution in [0.15, 0.2) is 53.3 Å². The predicted molar refractivity (Wildman–Crippen MR) is 137 cm³/mol. The number of halogens is 1. The van der Waals surface area contributed by atoms with E-state index in [9.17, 15) is 23.6 Å². The maximum Gasteiger partial charge on any atom is 0.280 e. The van der Waals surface area contributed by atoms with Crippen molar-refractivity contribution in [3.63, 3.8) is 0 Å². The number of H-pyrrole nitrogens is 1. The fourth-order valence-electron chi connectivity index (χ4n) is 4.57. The summed E-state index contributed by atoms with van der Waals surface area (Å²) in [4.78, 5) is 62.3. The van der Waals surface area contributed by atoms with Gasteiger partial charge in [-0.15, -0.1) is 0 Å². The van der Waals surface area contributed by atoms with Crippen LogP contribution in [0, 0.1) is 11.7 Å². The Morgan fingerprint density at radius 2 is 1.73 bits per heavy atom. The average molecular weight is 508 g/mol. The average Bonchev–Trinajstić information content (AvgIpc) is 2.85. The number of fused-ring (bicyclic) bond motifs is 1. The molecule has 9 nitrogen and oxygen atoms in total. The molecule has 1 saturated heterocycles. The maximum atomic E-state index is 13.5. The van der Waals surface area contributed by atoms with E-state index >= 15 is 0 Å². The van der Waals surface area contributed by atoms with Crippen LogP contribution in [0.25, 0.3) is 11.0 Å². The van der Waals surface area contributed by atoms with Crippen LogP contribution in [0.4, 0.5) is 4.39 Å². The molecule has 3 aromatic rings. The summed E-state index contributed by atoms with van der Waals surface area (Å²) in [5.74, 6) is -1.97. The summed E-state index contributed by atoms with van der Waals surface area (Å²) in [6, 6.07) is 11.3. The van der Waals surface area contributed by atoms with Crippen molar-refractivity contribution in [1.82, 2.24) is 25.1 Å². The first-order valence-corrected chi connectivity index (χ1v) is 12.1. The summed E-state index contributed by atoms with van der Waals surface area (Å²) < 4.78 is 13.3. The number of para-hydroxylation sites is 2. The lowest BCUT2D eigenvalue weighted by atomic mass is 9.95. The number of carbonyl (C=O) groups excluding carboxylic acids is 3. The van der Waals surface area contributed by atoms with E-state index in [0.717, 1.165) is 0 Å². The van der Waals surface area contributed by atoms with Gasteiger partial charge in [0.25, 0.3) is 17.4 Å². The zero-order valence-electron chi connectivity index (χ0n) is 21.2. The molecule has 0 spiro atoms. The van der Waals surface area contributed by atoms with Crippen molar-refractivity contribution in [2.24, 2.45) is 5.92 Å². The van der Waals surface area contributed by atoms with Crippen LogP contribution in [-0.2, 0) is 4.79 Å². The number of piperazine rings is 1. The normalized spacial score (nSPS) is 16.1. The van der Waals surface area contributed by atoms with E-state index in [-0.39, 0.29) is 43.1 Å². The summed E-state index contributed by atoms with van der Waals surface area (Å²) in [7, 11) is 0. The number of rotatable bonds is 5. The molecule has 2 aromatic carbocycles. The minimum absolute atomic E-state index is 0.243. The number of aromatic amines is 1. The highest BCUT2D eigenvalue weighted by molar-refractivity contribution is 5.97. The molecule has 1 aromatic heterocycles. The first kappa shape index (κ1) is 26.0. The minimum atomic E-state index is -0.893. The number of benzene rings is 2. The standard InChI is InChI=1S/C27H30FN5O4/c1-16(2)21(31-24(35)22-23(34)30-20-8-6-5-7-19(20)29-22)26(37)32-13-14-33(27(3,4)15-32)25(36)17-9-11-18(28)12-10-17/h5-12,16,21H,13-15H2,1-4H3,(H,30,34)(H,31,35)/t21-/m0/s1. The fraction of sp³-hybridized carbons (Fsp3) is 0.370. The molecule has 4 rings (SSSR count). The molecule has 1 fully saturated rings. The van der Waals surface area contributed by atoms with E-state index in [0.29, 0.717) is 16.6 Å². The SMILES string of the molecule is CC(C)[C@H](NC(=O)c1nc2ccccc2[nH]c1=O)C(=O)N1CCN(C(=O)c2ccc(F)cc2)C(C)(C)C1. The molecular weight excluding hydrogens is 477 g/mol. The minimum Gasteiger partial charge on any atom is -0.338 e. The largest absolute Gasteiger partial charge is 0.338 e. The molecule has 1 aliphatic heterocycles. The Balaban J connectivity index is 1.50. The lowest BCUT2D eigenvalue weighted by Crippen LogP contribution is -2.64. The second kappa shape index (κ2) is 10.1. The summed E-state index contributed by atoms with van der Waals surface area (Å²) in [5, 5.41) is 2.70. The number of aromatic nitrogens is 2. The summed E-state index contributed by atoms with van der Waals surface area (Å²) >= 11 is 0. The molecular formula is C27H30FN5O4. The molecule has 10 heteroatoms. The second-order valence-electron chi connectivity index (χ2n) is 10.2. The van der Waals surface area contributed by atoms with Crippen LogP contribution in [0.5, 0.6) is 0 Å². The van der Waals surface area contributed by atoms with E-state index in [1.807, 2.05) is 13.8 Å². The maximum absolute atomic E-state index is 13.5. The molecule has 0 saturated carbocycles. The Hall–Kier alpha value is -4.08. The Morgan fingerprint density at radius 1 is 1.05 bits per heavy atom. The van der Waals surface area contributed by atoms with Gasteiger partial charge in [0.1, 0.15) is 11.9 Å². The van der Waals surface area contributed by atoms with Crippen molar-refractivity contribution in [3.8, 4) is 0 Å². The van der Waals surface area contributed by atoms with Gasteiger partial charge in [0.15, 0.2) is 5.69 Å². The smallest absolute Gasteiger partial charge is 0.280 e. The van der Waals surface area contributed by atoms with E-state index < -0.39 is 28.9 Å². The number of nitrogens with one attached hydrogen (secondary N) is 2. The lowest BCUT2D eigenvalue weighted by molar-refractivity contribution is -0.138. The summed E-state index contributed by atoms with van der Waals surface area (Å²) in [6.07, 6.45) is 0. The summed E-state index contributed by atoms with van der Waals surface area (Å²) in [5.41, 5.74) is -0.316. The third-order valence-corrected chi connectivity index (χ3v) is 6.58. The molecule has 2 heterocycles. The fourth-order valence-corrected chi connectivity index (χ4v) is 4.57. The van der Waals surface area contributed by atoms with Crippen LogP contribution in [-0.4, -0.2) is 68.7 Å². The number of nitrogens with zero attached hydrogens (tertiary/aromatic N) is 3. The molecule has 194 valence electrons. The van der Waals surface area contributed by atoms with Gasteiger partial charge in [-0.25, -0.2) is 9.37 Å². The van der Waals surface area contributed by atoms with Crippen molar-refractivity contribution in [3.05, 3.63) is 76.0 Å². The lowest BCUT2D eigenvalue weighted by Gasteiger charge is -2.48. The highest BCUT2D eigenvalue weighted by Gasteiger charge is 2.41. The van der Waals surface area contributed by atoms with Crippen molar-refractivity contribution < 1.29 is 18.8 Å². The van der Waals surface area contributed by atoms with Crippen molar-refractivity contribution in [1.29, 1.82) is 0 Å². The highest BCUT2D eigenvalue weighted by atomic mass is 19.1. The Kier molecular flexibility index (Phi) is 7.11. The van der Waals surface area contributed by atoms with Crippen molar-refractivity contribution in [2.75, 3.05) is 19.6 Å². The van der Waals surface area contributed by atoms with Gasteiger partial charge in [0.05, 0.1) is 16.6 Å².